The van der Waals surface area contributed by atoms with Gasteiger partial charge in [-0.3, -0.25) is 0 Å². The molecule has 3 rings (SSSR count). The van der Waals surface area contributed by atoms with Crippen LogP contribution in [0.2, 0.25) is 0 Å². The molecule has 0 fully saturated rings. The lowest BCUT2D eigenvalue weighted by molar-refractivity contribution is 0.357. The largest absolute Gasteiger partial charge is 0.496 e. The third kappa shape index (κ3) is 2.82. The van der Waals surface area contributed by atoms with E-state index in [2.05, 4.69) is 49.5 Å². The van der Waals surface area contributed by atoms with Crippen LogP contribution < -0.4 is 14.8 Å². The molecule has 2 aromatic rings. The minimum Gasteiger partial charge on any atom is -0.496 e. The molecule has 0 spiro atoms. The zero-order chi connectivity index (χ0) is 14.8. The molecule has 3 heteroatoms. The highest BCUT2D eigenvalue weighted by atomic mass is 16.5. The maximum absolute atomic E-state index is 5.54. The third-order valence-electron chi connectivity index (χ3n) is 3.93. The van der Waals surface area contributed by atoms with Gasteiger partial charge in [0.1, 0.15) is 11.5 Å². The first-order valence-electron chi connectivity index (χ1n) is 7.34. The second-order valence-corrected chi connectivity index (χ2v) is 5.53. The summed E-state index contributed by atoms with van der Waals surface area (Å²) in [5.74, 6) is 1.95. The predicted octanol–water partition coefficient (Wildman–Crippen LogP) is 4.11. The number of nitrogens with one attached hydrogen (secondary N) is 1. The van der Waals surface area contributed by atoms with Crippen LogP contribution in [-0.4, -0.2) is 13.7 Å². The summed E-state index contributed by atoms with van der Waals surface area (Å²) in [6.45, 7) is 5.02. The maximum Gasteiger partial charge on any atom is 0.124 e. The number of fused-ring (bicyclic) bond motifs is 1. The van der Waals surface area contributed by atoms with E-state index in [1.165, 1.54) is 16.7 Å². The molecule has 0 aromatic heterocycles. The van der Waals surface area contributed by atoms with Crippen molar-refractivity contribution in [1.82, 2.24) is 0 Å². The number of anilines is 1. The Morgan fingerprint density at radius 1 is 1.19 bits per heavy atom. The van der Waals surface area contributed by atoms with Gasteiger partial charge in [0, 0.05) is 17.7 Å². The first-order chi connectivity index (χ1) is 10.2. The second kappa shape index (κ2) is 5.68. The number of hydrogen-bond acceptors (Lipinski definition) is 3. The molecule has 0 saturated heterocycles. The number of hydrogen-bond donors (Lipinski definition) is 1. The van der Waals surface area contributed by atoms with Crippen molar-refractivity contribution in [3.05, 3.63) is 53.1 Å². The Labute approximate surface area is 125 Å². The number of aryl methyl sites for hydroxylation is 1. The zero-order valence-corrected chi connectivity index (χ0v) is 12.8. The molecule has 1 heterocycles. The van der Waals surface area contributed by atoms with E-state index in [-0.39, 0.29) is 6.04 Å². The number of benzene rings is 2. The molecule has 0 aliphatic carbocycles. The van der Waals surface area contributed by atoms with Crippen LogP contribution in [0.25, 0.3) is 0 Å². The van der Waals surface area contributed by atoms with E-state index in [4.69, 9.17) is 9.47 Å². The van der Waals surface area contributed by atoms with Crippen molar-refractivity contribution in [1.29, 1.82) is 0 Å². The second-order valence-electron chi connectivity index (χ2n) is 5.53. The lowest BCUT2D eigenvalue weighted by Gasteiger charge is -2.19. The van der Waals surface area contributed by atoms with Crippen molar-refractivity contribution in [2.75, 3.05) is 19.0 Å². The SMILES string of the molecule is COc1cc(C)ccc1C(C)Nc1ccc2c(c1)CCO2. The van der Waals surface area contributed by atoms with E-state index in [1.54, 1.807) is 7.11 Å². The van der Waals surface area contributed by atoms with Crippen LogP contribution in [0.5, 0.6) is 11.5 Å². The Kier molecular flexibility index (Phi) is 3.74. The van der Waals surface area contributed by atoms with Crippen molar-refractivity contribution >= 4 is 5.69 Å². The van der Waals surface area contributed by atoms with Gasteiger partial charge in [0.15, 0.2) is 0 Å². The number of ether oxygens (including phenoxy) is 2. The molecule has 0 amide bonds. The fraction of sp³-hybridized carbons (Fsp3) is 0.333. The van der Waals surface area contributed by atoms with E-state index in [1.807, 2.05) is 6.07 Å². The summed E-state index contributed by atoms with van der Waals surface area (Å²) in [4.78, 5) is 0. The van der Waals surface area contributed by atoms with Crippen LogP contribution in [0.1, 0.15) is 29.7 Å². The molecular weight excluding hydrogens is 262 g/mol. The van der Waals surface area contributed by atoms with Gasteiger partial charge in [-0.25, -0.2) is 0 Å². The minimum atomic E-state index is 0.181. The summed E-state index contributed by atoms with van der Waals surface area (Å²) in [6.07, 6.45) is 0.993. The van der Waals surface area contributed by atoms with E-state index < -0.39 is 0 Å². The summed E-state index contributed by atoms with van der Waals surface area (Å²) in [5.41, 5.74) is 4.77. The van der Waals surface area contributed by atoms with Gasteiger partial charge in [0.25, 0.3) is 0 Å². The van der Waals surface area contributed by atoms with Crippen LogP contribution >= 0.6 is 0 Å². The summed E-state index contributed by atoms with van der Waals surface area (Å²) in [5, 5.41) is 3.55. The van der Waals surface area contributed by atoms with Crippen molar-refractivity contribution in [3.8, 4) is 11.5 Å². The summed E-state index contributed by atoms with van der Waals surface area (Å²) in [6, 6.07) is 12.8. The standard InChI is InChI=1S/C18H21NO2/c1-12-4-6-16(18(10-12)20-3)13(2)19-15-5-7-17-14(11-15)8-9-21-17/h4-7,10-11,13,19H,8-9H2,1-3H3. The topological polar surface area (TPSA) is 30.5 Å². The monoisotopic (exact) mass is 283 g/mol. The van der Waals surface area contributed by atoms with Crippen LogP contribution in [0.15, 0.2) is 36.4 Å². The smallest absolute Gasteiger partial charge is 0.124 e. The molecule has 1 unspecified atom stereocenters. The van der Waals surface area contributed by atoms with Gasteiger partial charge in [-0.2, -0.15) is 0 Å². The average Bonchev–Trinajstić information content (AvgIpc) is 2.94. The van der Waals surface area contributed by atoms with Crippen molar-refractivity contribution in [3.63, 3.8) is 0 Å². The Hall–Kier alpha value is -2.16. The Bertz CT molecular complexity index is 652. The van der Waals surface area contributed by atoms with Gasteiger partial charge in [-0.1, -0.05) is 12.1 Å². The van der Waals surface area contributed by atoms with Gasteiger partial charge in [-0.05, 0) is 49.2 Å². The van der Waals surface area contributed by atoms with E-state index in [0.29, 0.717) is 0 Å². The van der Waals surface area contributed by atoms with Crippen LogP contribution in [-0.2, 0) is 6.42 Å². The van der Waals surface area contributed by atoms with E-state index in [0.717, 1.165) is 30.2 Å². The highest BCUT2D eigenvalue weighted by molar-refractivity contribution is 5.54. The highest BCUT2D eigenvalue weighted by Crippen LogP contribution is 2.32. The first kappa shape index (κ1) is 13.8. The quantitative estimate of drug-likeness (QED) is 0.916. The van der Waals surface area contributed by atoms with E-state index >= 15 is 0 Å². The van der Waals surface area contributed by atoms with Gasteiger partial charge in [0.2, 0.25) is 0 Å². The molecular formula is C18H21NO2. The maximum atomic E-state index is 5.54. The van der Waals surface area contributed by atoms with Crippen molar-refractivity contribution in [2.24, 2.45) is 0 Å². The predicted molar refractivity (Wildman–Crippen MR) is 85.4 cm³/mol. The molecule has 21 heavy (non-hydrogen) atoms. The molecule has 1 N–H and O–H groups in total. The van der Waals surface area contributed by atoms with Crippen LogP contribution in [0.4, 0.5) is 5.69 Å². The molecule has 2 aromatic carbocycles. The Morgan fingerprint density at radius 3 is 2.86 bits per heavy atom. The molecule has 0 saturated carbocycles. The van der Waals surface area contributed by atoms with Crippen molar-refractivity contribution < 1.29 is 9.47 Å². The fourth-order valence-electron chi connectivity index (χ4n) is 2.78. The van der Waals surface area contributed by atoms with Gasteiger partial charge < -0.3 is 14.8 Å². The number of rotatable bonds is 4. The molecule has 1 aliphatic rings. The minimum absolute atomic E-state index is 0.181. The van der Waals surface area contributed by atoms with Crippen LogP contribution in [0, 0.1) is 6.92 Å². The number of methoxy groups -OCH3 is 1. The normalized spacial score (nSPS) is 14.2. The fourth-order valence-corrected chi connectivity index (χ4v) is 2.78. The molecule has 1 atom stereocenters. The molecule has 1 aliphatic heterocycles. The van der Waals surface area contributed by atoms with E-state index in [9.17, 15) is 0 Å². The molecule has 0 radical (unpaired) electrons. The van der Waals surface area contributed by atoms with Gasteiger partial charge in [-0.15, -0.1) is 0 Å². The third-order valence-corrected chi connectivity index (χ3v) is 3.93. The summed E-state index contributed by atoms with van der Waals surface area (Å²) < 4.78 is 11.0. The lowest BCUT2D eigenvalue weighted by atomic mass is 10.0. The average molecular weight is 283 g/mol. The van der Waals surface area contributed by atoms with Gasteiger partial charge in [0.05, 0.1) is 19.8 Å². The zero-order valence-electron chi connectivity index (χ0n) is 12.8. The summed E-state index contributed by atoms with van der Waals surface area (Å²) in [7, 11) is 1.72. The molecule has 3 nitrogen and oxygen atoms in total. The Morgan fingerprint density at radius 2 is 2.05 bits per heavy atom. The molecule has 110 valence electrons. The van der Waals surface area contributed by atoms with Crippen molar-refractivity contribution in [2.45, 2.75) is 26.3 Å². The Balaban J connectivity index is 1.81. The van der Waals surface area contributed by atoms with Gasteiger partial charge >= 0.3 is 0 Å². The first-order valence-corrected chi connectivity index (χ1v) is 7.34. The summed E-state index contributed by atoms with van der Waals surface area (Å²) >= 11 is 0. The lowest BCUT2D eigenvalue weighted by Crippen LogP contribution is -2.08. The van der Waals surface area contributed by atoms with Crippen LogP contribution in [0.3, 0.4) is 0 Å². The molecule has 0 bridgehead atoms. The highest BCUT2D eigenvalue weighted by Gasteiger charge is 2.15.